The lowest BCUT2D eigenvalue weighted by Crippen LogP contribution is -2.48. The number of hydrogen-bond acceptors (Lipinski definition) is 5. The summed E-state index contributed by atoms with van der Waals surface area (Å²) >= 11 is 0. The van der Waals surface area contributed by atoms with Crippen molar-refractivity contribution >= 4 is 29.9 Å². The molecule has 1 N–H and O–H groups in total. The summed E-state index contributed by atoms with van der Waals surface area (Å²) in [7, 11) is 1.92. The van der Waals surface area contributed by atoms with E-state index in [0.717, 1.165) is 48.2 Å². The fourth-order valence-corrected chi connectivity index (χ4v) is 3.58. The van der Waals surface area contributed by atoms with E-state index < -0.39 is 0 Å². The summed E-state index contributed by atoms with van der Waals surface area (Å²) in [5.74, 6) is 2.05. The second-order valence-corrected chi connectivity index (χ2v) is 7.09. The van der Waals surface area contributed by atoms with Gasteiger partial charge in [-0.05, 0) is 20.8 Å². The molecule has 0 radical (unpaired) electrons. The number of aliphatic imine (C=N–C) groups is 1. The zero-order valence-electron chi connectivity index (χ0n) is 17.3. The van der Waals surface area contributed by atoms with Crippen molar-refractivity contribution in [3.8, 4) is 0 Å². The van der Waals surface area contributed by atoms with Crippen LogP contribution in [0.25, 0.3) is 0 Å². The second-order valence-electron chi connectivity index (χ2n) is 7.09. The van der Waals surface area contributed by atoms with Crippen LogP contribution in [0.1, 0.15) is 48.5 Å². The van der Waals surface area contributed by atoms with Crippen LogP contribution in [0.5, 0.6) is 0 Å². The Morgan fingerprint density at radius 1 is 1.43 bits per heavy atom. The number of nitrogens with zero attached hydrogens (tertiary/aromatic N) is 5. The van der Waals surface area contributed by atoms with Crippen LogP contribution < -0.4 is 5.32 Å². The molecule has 0 amide bonds. The van der Waals surface area contributed by atoms with Crippen molar-refractivity contribution in [2.45, 2.75) is 39.7 Å². The molecule has 1 aliphatic heterocycles. The van der Waals surface area contributed by atoms with Gasteiger partial charge >= 0.3 is 0 Å². The number of nitrogens with one attached hydrogen (secondary N) is 1. The third-order valence-corrected chi connectivity index (χ3v) is 4.89. The SMILES string of the molecule is CCNC(=NCC(C)c1c(C)noc1C)N1CCOC(c2cnn(C)c2)C1.I. The molecule has 2 aromatic heterocycles. The van der Waals surface area contributed by atoms with Gasteiger partial charge in [0.15, 0.2) is 5.96 Å². The molecule has 8 nitrogen and oxygen atoms in total. The van der Waals surface area contributed by atoms with Crippen LogP contribution in [0.3, 0.4) is 0 Å². The van der Waals surface area contributed by atoms with E-state index in [1.807, 2.05) is 38.0 Å². The van der Waals surface area contributed by atoms with E-state index in [1.165, 1.54) is 0 Å². The lowest BCUT2D eigenvalue weighted by molar-refractivity contribution is -0.00804. The van der Waals surface area contributed by atoms with Gasteiger partial charge in [0.1, 0.15) is 11.9 Å². The van der Waals surface area contributed by atoms with Crippen LogP contribution in [0, 0.1) is 13.8 Å². The summed E-state index contributed by atoms with van der Waals surface area (Å²) in [6.45, 7) is 12.0. The van der Waals surface area contributed by atoms with Gasteiger partial charge in [-0.25, -0.2) is 0 Å². The van der Waals surface area contributed by atoms with Gasteiger partial charge in [-0.15, -0.1) is 24.0 Å². The van der Waals surface area contributed by atoms with Gasteiger partial charge in [0.05, 0.1) is 25.0 Å². The topological polar surface area (TPSA) is 80.7 Å². The van der Waals surface area contributed by atoms with E-state index in [1.54, 1.807) is 0 Å². The summed E-state index contributed by atoms with van der Waals surface area (Å²) in [6, 6.07) is 0. The molecule has 9 heteroatoms. The van der Waals surface area contributed by atoms with Gasteiger partial charge < -0.3 is 19.5 Å². The zero-order chi connectivity index (χ0) is 19.4. The number of morpholine rings is 1. The van der Waals surface area contributed by atoms with Crippen molar-refractivity contribution in [2.24, 2.45) is 12.0 Å². The van der Waals surface area contributed by atoms with E-state index in [-0.39, 0.29) is 36.0 Å². The molecule has 1 aliphatic rings. The number of hydrogen-bond donors (Lipinski definition) is 1. The number of rotatable bonds is 5. The minimum Gasteiger partial charge on any atom is -0.370 e. The van der Waals surface area contributed by atoms with E-state index in [9.17, 15) is 0 Å². The van der Waals surface area contributed by atoms with Gasteiger partial charge in [0.25, 0.3) is 0 Å². The van der Waals surface area contributed by atoms with Crippen molar-refractivity contribution in [1.29, 1.82) is 0 Å². The summed E-state index contributed by atoms with van der Waals surface area (Å²) in [6.07, 6.45) is 3.89. The van der Waals surface area contributed by atoms with Crippen molar-refractivity contribution < 1.29 is 9.26 Å². The minimum absolute atomic E-state index is 0. The second kappa shape index (κ2) is 10.2. The largest absolute Gasteiger partial charge is 0.370 e. The molecule has 3 rings (SSSR count). The zero-order valence-corrected chi connectivity index (χ0v) is 19.6. The van der Waals surface area contributed by atoms with Gasteiger partial charge in [0, 0.05) is 49.9 Å². The Bertz CT molecular complexity index is 768. The highest BCUT2D eigenvalue weighted by Gasteiger charge is 2.25. The van der Waals surface area contributed by atoms with Gasteiger partial charge in [0.2, 0.25) is 0 Å². The summed E-state index contributed by atoms with van der Waals surface area (Å²) in [5, 5.41) is 11.7. The van der Waals surface area contributed by atoms with Crippen molar-refractivity contribution in [3.05, 3.63) is 35.0 Å². The molecule has 1 saturated heterocycles. The first kappa shape index (κ1) is 22.7. The Balaban J connectivity index is 0.00000280. The Morgan fingerprint density at radius 3 is 2.82 bits per heavy atom. The van der Waals surface area contributed by atoms with Crippen LogP contribution in [0.2, 0.25) is 0 Å². The highest BCUT2D eigenvalue weighted by atomic mass is 127. The van der Waals surface area contributed by atoms with Gasteiger partial charge in [-0.2, -0.15) is 5.10 Å². The molecule has 0 spiro atoms. The Labute approximate surface area is 183 Å². The van der Waals surface area contributed by atoms with Gasteiger partial charge in [-0.1, -0.05) is 12.1 Å². The van der Waals surface area contributed by atoms with Crippen molar-refractivity contribution in [2.75, 3.05) is 32.8 Å². The molecular weight excluding hydrogens is 471 g/mol. The highest BCUT2D eigenvalue weighted by Crippen LogP contribution is 2.24. The molecule has 0 saturated carbocycles. The van der Waals surface area contributed by atoms with Gasteiger partial charge in [-0.3, -0.25) is 9.67 Å². The Hall–Kier alpha value is -1.62. The standard InChI is InChI=1S/C19H30N6O2.HI/c1-6-20-19(21-9-13(2)18-14(3)23-27-15(18)4)25-7-8-26-17(12-25)16-10-22-24(5)11-16;/h10-11,13,17H,6-9,12H2,1-5H3,(H,20,21);1H. The van der Waals surface area contributed by atoms with Crippen LogP contribution in [0.4, 0.5) is 0 Å². The molecule has 0 aliphatic carbocycles. The van der Waals surface area contributed by atoms with Crippen molar-refractivity contribution in [3.63, 3.8) is 0 Å². The summed E-state index contributed by atoms with van der Waals surface area (Å²) < 4.78 is 13.1. The number of halogens is 1. The average Bonchev–Trinajstić information content (AvgIpc) is 3.24. The quantitative estimate of drug-likeness (QED) is 0.385. The monoisotopic (exact) mass is 502 g/mol. The fourth-order valence-electron chi connectivity index (χ4n) is 3.58. The minimum atomic E-state index is 0. The Morgan fingerprint density at radius 2 is 2.21 bits per heavy atom. The number of guanidine groups is 1. The first-order valence-corrected chi connectivity index (χ1v) is 9.55. The molecule has 2 atom stereocenters. The van der Waals surface area contributed by atoms with Crippen LogP contribution in [-0.2, 0) is 11.8 Å². The smallest absolute Gasteiger partial charge is 0.194 e. The highest BCUT2D eigenvalue weighted by molar-refractivity contribution is 14.0. The van der Waals surface area contributed by atoms with E-state index in [2.05, 4.69) is 34.3 Å². The molecule has 156 valence electrons. The first-order chi connectivity index (χ1) is 13.0. The molecule has 0 bridgehead atoms. The van der Waals surface area contributed by atoms with Crippen LogP contribution in [-0.4, -0.2) is 58.6 Å². The van der Waals surface area contributed by atoms with E-state index >= 15 is 0 Å². The third kappa shape index (κ3) is 5.25. The maximum Gasteiger partial charge on any atom is 0.194 e. The molecule has 3 heterocycles. The predicted molar refractivity (Wildman–Crippen MR) is 119 cm³/mol. The molecule has 0 aromatic carbocycles. The fraction of sp³-hybridized carbons (Fsp3) is 0.632. The van der Waals surface area contributed by atoms with Crippen LogP contribution >= 0.6 is 24.0 Å². The van der Waals surface area contributed by atoms with Crippen LogP contribution in [0.15, 0.2) is 21.9 Å². The lowest BCUT2D eigenvalue weighted by Gasteiger charge is -2.35. The first-order valence-electron chi connectivity index (χ1n) is 9.55. The molecule has 1 fully saturated rings. The predicted octanol–water partition coefficient (Wildman–Crippen LogP) is 2.79. The molecule has 2 aromatic rings. The molecule has 2 unspecified atom stereocenters. The summed E-state index contributed by atoms with van der Waals surface area (Å²) in [4.78, 5) is 7.16. The van der Waals surface area contributed by atoms with Crippen molar-refractivity contribution in [1.82, 2.24) is 25.2 Å². The number of aromatic nitrogens is 3. The average molecular weight is 502 g/mol. The summed E-state index contributed by atoms with van der Waals surface area (Å²) in [5.41, 5.74) is 3.20. The maximum absolute atomic E-state index is 5.95. The lowest BCUT2D eigenvalue weighted by atomic mass is 10.00. The number of aryl methyl sites for hydroxylation is 3. The maximum atomic E-state index is 5.95. The Kier molecular flexibility index (Phi) is 8.29. The van der Waals surface area contributed by atoms with E-state index in [4.69, 9.17) is 14.3 Å². The third-order valence-electron chi connectivity index (χ3n) is 4.89. The van der Waals surface area contributed by atoms with E-state index in [0.29, 0.717) is 13.2 Å². The molecule has 28 heavy (non-hydrogen) atoms. The normalized spacial score (nSPS) is 18.7. The number of ether oxygens (including phenoxy) is 1. The molecular formula is C19H31IN6O2.